The maximum atomic E-state index is 6.05. The standard InChI is InChI=1S/C14H16ClN3/c15-10-3-4-13-12(8-10)16-14-5-7-17-6-1-2-11(17)9-18(13)14/h3-4,8,11H,1-2,5-7,9H2. The molecule has 1 unspecified atom stereocenters. The first-order valence-corrected chi connectivity index (χ1v) is 7.08. The highest BCUT2D eigenvalue weighted by Gasteiger charge is 2.29. The Morgan fingerprint density at radius 3 is 3.17 bits per heavy atom. The monoisotopic (exact) mass is 261 g/mol. The zero-order valence-corrected chi connectivity index (χ0v) is 11.0. The molecule has 1 aromatic carbocycles. The van der Waals surface area contributed by atoms with Crippen LogP contribution >= 0.6 is 11.6 Å². The van der Waals surface area contributed by atoms with Crippen LogP contribution in [0, 0.1) is 0 Å². The van der Waals surface area contributed by atoms with Crippen molar-refractivity contribution in [2.24, 2.45) is 0 Å². The van der Waals surface area contributed by atoms with Crippen molar-refractivity contribution in [2.45, 2.75) is 31.8 Å². The van der Waals surface area contributed by atoms with Gasteiger partial charge in [0.2, 0.25) is 0 Å². The van der Waals surface area contributed by atoms with Crippen molar-refractivity contribution in [1.29, 1.82) is 0 Å². The van der Waals surface area contributed by atoms with Crippen LogP contribution in [0.3, 0.4) is 0 Å². The summed E-state index contributed by atoms with van der Waals surface area (Å²) in [7, 11) is 0. The average molecular weight is 262 g/mol. The van der Waals surface area contributed by atoms with Gasteiger partial charge in [-0.25, -0.2) is 4.98 Å². The van der Waals surface area contributed by atoms with E-state index in [0.29, 0.717) is 6.04 Å². The third-order valence-electron chi connectivity index (χ3n) is 4.30. The summed E-state index contributed by atoms with van der Waals surface area (Å²) in [5.41, 5.74) is 2.28. The van der Waals surface area contributed by atoms with Crippen molar-refractivity contribution < 1.29 is 0 Å². The van der Waals surface area contributed by atoms with E-state index in [-0.39, 0.29) is 0 Å². The number of fused-ring (bicyclic) bond motifs is 4. The molecule has 1 saturated heterocycles. The maximum absolute atomic E-state index is 6.05. The summed E-state index contributed by atoms with van der Waals surface area (Å²) in [6.07, 6.45) is 3.73. The molecule has 4 heteroatoms. The van der Waals surface area contributed by atoms with Gasteiger partial charge in [-0.2, -0.15) is 0 Å². The number of halogens is 1. The number of benzene rings is 1. The van der Waals surface area contributed by atoms with Gasteiger partial charge in [0.05, 0.1) is 11.0 Å². The first kappa shape index (κ1) is 10.8. The summed E-state index contributed by atoms with van der Waals surface area (Å²) in [6, 6.07) is 6.76. The van der Waals surface area contributed by atoms with Gasteiger partial charge in [0, 0.05) is 30.6 Å². The van der Waals surface area contributed by atoms with Gasteiger partial charge in [0.25, 0.3) is 0 Å². The van der Waals surface area contributed by atoms with Crippen molar-refractivity contribution in [1.82, 2.24) is 14.5 Å². The summed E-state index contributed by atoms with van der Waals surface area (Å²) >= 11 is 6.05. The van der Waals surface area contributed by atoms with Gasteiger partial charge in [-0.1, -0.05) is 11.6 Å². The highest BCUT2D eigenvalue weighted by molar-refractivity contribution is 6.31. The van der Waals surface area contributed by atoms with Crippen molar-refractivity contribution in [2.75, 3.05) is 13.1 Å². The second-order valence-electron chi connectivity index (χ2n) is 5.35. The molecule has 0 bridgehead atoms. The van der Waals surface area contributed by atoms with Crippen LogP contribution in [0.5, 0.6) is 0 Å². The Balaban J connectivity index is 1.84. The van der Waals surface area contributed by atoms with E-state index in [1.165, 1.54) is 30.7 Å². The minimum absolute atomic E-state index is 0.708. The molecule has 2 aliphatic heterocycles. The maximum Gasteiger partial charge on any atom is 0.111 e. The van der Waals surface area contributed by atoms with Gasteiger partial charge < -0.3 is 4.57 Å². The fourth-order valence-electron chi connectivity index (χ4n) is 3.40. The van der Waals surface area contributed by atoms with Crippen LogP contribution in [-0.2, 0) is 13.0 Å². The second-order valence-corrected chi connectivity index (χ2v) is 5.79. The van der Waals surface area contributed by atoms with Crippen LogP contribution < -0.4 is 0 Å². The van der Waals surface area contributed by atoms with Gasteiger partial charge in [0.15, 0.2) is 0 Å². The number of nitrogens with zero attached hydrogens (tertiary/aromatic N) is 3. The largest absolute Gasteiger partial charge is 0.326 e. The smallest absolute Gasteiger partial charge is 0.111 e. The lowest BCUT2D eigenvalue weighted by atomic mass is 10.2. The van der Waals surface area contributed by atoms with E-state index in [2.05, 4.69) is 15.5 Å². The van der Waals surface area contributed by atoms with Crippen LogP contribution in [0.1, 0.15) is 18.7 Å². The van der Waals surface area contributed by atoms with E-state index in [1.807, 2.05) is 12.1 Å². The minimum Gasteiger partial charge on any atom is -0.326 e. The number of hydrogen-bond donors (Lipinski definition) is 0. The average Bonchev–Trinajstić information content (AvgIpc) is 2.89. The van der Waals surface area contributed by atoms with Crippen LogP contribution in [0.15, 0.2) is 18.2 Å². The normalized spacial score (nSPS) is 23.9. The highest BCUT2D eigenvalue weighted by atomic mass is 35.5. The summed E-state index contributed by atoms with van der Waals surface area (Å²) in [4.78, 5) is 7.37. The molecule has 2 aromatic rings. The molecule has 1 atom stereocenters. The molecule has 0 aliphatic carbocycles. The van der Waals surface area contributed by atoms with Gasteiger partial charge in [-0.3, -0.25) is 4.90 Å². The van der Waals surface area contributed by atoms with E-state index in [4.69, 9.17) is 16.6 Å². The van der Waals surface area contributed by atoms with E-state index in [0.717, 1.165) is 30.0 Å². The van der Waals surface area contributed by atoms with E-state index < -0.39 is 0 Å². The van der Waals surface area contributed by atoms with Crippen molar-refractivity contribution >= 4 is 22.6 Å². The molecule has 4 rings (SSSR count). The van der Waals surface area contributed by atoms with Crippen molar-refractivity contribution in [3.8, 4) is 0 Å². The quantitative estimate of drug-likeness (QED) is 0.727. The molecule has 3 nitrogen and oxygen atoms in total. The highest BCUT2D eigenvalue weighted by Crippen LogP contribution is 2.27. The molecule has 18 heavy (non-hydrogen) atoms. The molecule has 0 radical (unpaired) electrons. The van der Waals surface area contributed by atoms with Crippen LogP contribution in [0.4, 0.5) is 0 Å². The molecule has 1 aromatic heterocycles. The summed E-state index contributed by atoms with van der Waals surface area (Å²) in [5, 5.41) is 0.776. The number of rotatable bonds is 0. The second kappa shape index (κ2) is 3.97. The number of hydrogen-bond acceptors (Lipinski definition) is 2. The van der Waals surface area contributed by atoms with Gasteiger partial charge in [-0.05, 0) is 37.6 Å². The zero-order valence-electron chi connectivity index (χ0n) is 10.3. The fourth-order valence-corrected chi connectivity index (χ4v) is 3.56. The third-order valence-corrected chi connectivity index (χ3v) is 4.54. The summed E-state index contributed by atoms with van der Waals surface area (Å²) < 4.78 is 2.40. The molecule has 0 spiro atoms. The summed E-state index contributed by atoms with van der Waals surface area (Å²) in [6.45, 7) is 3.51. The molecule has 3 heterocycles. The van der Waals surface area contributed by atoms with E-state index in [1.54, 1.807) is 0 Å². The predicted molar refractivity (Wildman–Crippen MR) is 73.0 cm³/mol. The lowest BCUT2D eigenvalue weighted by Gasteiger charge is -2.21. The Morgan fingerprint density at radius 2 is 2.22 bits per heavy atom. The lowest BCUT2D eigenvalue weighted by Crippen LogP contribution is -2.31. The van der Waals surface area contributed by atoms with E-state index in [9.17, 15) is 0 Å². The van der Waals surface area contributed by atoms with Crippen molar-refractivity contribution in [3.05, 3.63) is 29.0 Å². The van der Waals surface area contributed by atoms with Gasteiger partial charge >= 0.3 is 0 Å². The fraction of sp³-hybridized carbons (Fsp3) is 0.500. The van der Waals surface area contributed by atoms with Crippen LogP contribution in [0.25, 0.3) is 11.0 Å². The Kier molecular flexibility index (Phi) is 2.39. The zero-order chi connectivity index (χ0) is 12.1. The molecule has 0 N–H and O–H groups in total. The number of imidazole rings is 1. The molecule has 2 aliphatic rings. The number of aromatic nitrogens is 2. The lowest BCUT2D eigenvalue weighted by molar-refractivity contribution is 0.252. The Labute approximate surface area is 111 Å². The summed E-state index contributed by atoms with van der Waals surface area (Å²) in [5.74, 6) is 1.22. The third kappa shape index (κ3) is 1.57. The molecule has 0 saturated carbocycles. The molecule has 0 amide bonds. The van der Waals surface area contributed by atoms with Crippen LogP contribution in [-0.4, -0.2) is 33.6 Å². The minimum atomic E-state index is 0.708. The molecule has 1 fully saturated rings. The molecular formula is C14H16ClN3. The molecule has 94 valence electrons. The Bertz CT molecular complexity index is 604. The predicted octanol–water partition coefficient (Wildman–Crippen LogP) is 2.71. The Morgan fingerprint density at radius 1 is 1.28 bits per heavy atom. The SMILES string of the molecule is Clc1ccc2c(c1)nc1n2CC2CCCN2CC1. The first-order chi connectivity index (χ1) is 8.81. The van der Waals surface area contributed by atoms with Gasteiger partial charge in [0.1, 0.15) is 5.82 Å². The Hall–Kier alpha value is -1.06. The molecular weight excluding hydrogens is 246 g/mol. The van der Waals surface area contributed by atoms with E-state index >= 15 is 0 Å². The van der Waals surface area contributed by atoms with Crippen molar-refractivity contribution in [3.63, 3.8) is 0 Å². The van der Waals surface area contributed by atoms with Gasteiger partial charge in [-0.15, -0.1) is 0 Å². The van der Waals surface area contributed by atoms with Crippen LogP contribution in [0.2, 0.25) is 5.02 Å². The topological polar surface area (TPSA) is 21.1 Å². The first-order valence-electron chi connectivity index (χ1n) is 6.70.